The molecule has 7 rings (SSSR count). The van der Waals surface area contributed by atoms with E-state index in [0.29, 0.717) is 24.3 Å². The van der Waals surface area contributed by atoms with Gasteiger partial charge in [0.05, 0.1) is 30.6 Å². The lowest BCUT2D eigenvalue weighted by molar-refractivity contribution is -0.147. The van der Waals surface area contributed by atoms with Crippen LogP contribution in [0.3, 0.4) is 0 Å². The molecule has 4 heterocycles. The van der Waals surface area contributed by atoms with Gasteiger partial charge in [0.1, 0.15) is 11.6 Å². The van der Waals surface area contributed by atoms with Crippen LogP contribution in [0, 0.1) is 11.8 Å². The smallest absolute Gasteiger partial charge is 0.253 e. The van der Waals surface area contributed by atoms with Crippen LogP contribution >= 0.6 is 0 Å². The first kappa shape index (κ1) is 27.6. The average Bonchev–Trinajstić information content (AvgIpc) is 3.35. The maximum Gasteiger partial charge on any atom is 0.253 e. The van der Waals surface area contributed by atoms with Gasteiger partial charge in [0.25, 0.3) is 5.91 Å². The number of aliphatic hydroxyl groups is 1. The van der Waals surface area contributed by atoms with Gasteiger partial charge in [0, 0.05) is 25.3 Å². The van der Waals surface area contributed by atoms with Crippen LogP contribution in [0.4, 0.5) is 5.69 Å². The number of aliphatic hydroxyl groups excluding tert-OH is 1. The summed E-state index contributed by atoms with van der Waals surface area (Å²) in [6.07, 6.45) is 7.69. The number of hydrogen-bond donors (Lipinski definition) is 1. The molecule has 0 bridgehead atoms. The van der Waals surface area contributed by atoms with Crippen LogP contribution < -0.4 is 4.90 Å². The van der Waals surface area contributed by atoms with Gasteiger partial charge in [-0.2, -0.15) is 0 Å². The van der Waals surface area contributed by atoms with Gasteiger partial charge < -0.3 is 24.5 Å². The van der Waals surface area contributed by atoms with E-state index >= 15 is 0 Å². The maximum atomic E-state index is 14.8. The number of anilines is 1. The summed E-state index contributed by atoms with van der Waals surface area (Å²) in [6, 6.07) is 21.2. The van der Waals surface area contributed by atoms with Crippen molar-refractivity contribution in [3.8, 4) is 0 Å². The zero-order valence-corrected chi connectivity index (χ0v) is 24.1. The Balaban J connectivity index is 1.37. The highest BCUT2D eigenvalue weighted by Gasteiger charge is 2.72. The van der Waals surface area contributed by atoms with E-state index in [9.17, 15) is 19.5 Å². The van der Waals surface area contributed by atoms with Crippen molar-refractivity contribution < 1.29 is 24.2 Å². The molecule has 4 aliphatic rings. The molecule has 0 aromatic heterocycles. The Bertz CT molecular complexity index is 1640. The number of carbonyl (C=O) groups is 3. The fourth-order valence-corrected chi connectivity index (χ4v) is 7.54. The first-order valence-corrected chi connectivity index (χ1v) is 15.1. The molecular formula is C35H35N3O5. The molecule has 2 fully saturated rings. The molecule has 1 unspecified atom stereocenters. The molecule has 220 valence electrons. The summed E-state index contributed by atoms with van der Waals surface area (Å²) in [6.45, 7) is 2.94. The van der Waals surface area contributed by atoms with E-state index in [2.05, 4.69) is 0 Å². The number of fused-ring (bicyclic) bond motifs is 3. The van der Waals surface area contributed by atoms with Gasteiger partial charge in [-0.25, -0.2) is 0 Å². The number of rotatable bonds is 6. The van der Waals surface area contributed by atoms with E-state index < -0.39 is 35.6 Å². The second kappa shape index (κ2) is 10.8. The second-order valence-electron chi connectivity index (χ2n) is 11.8. The van der Waals surface area contributed by atoms with Crippen LogP contribution in [0.2, 0.25) is 0 Å². The molecule has 4 aliphatic heterocycles. The van der Waals surface area contributed by atoms with Crippen LogP contribution in [0.15, 0.2) is 97.1 Å². The second-order valence-corrected chi connectivity index (χ2v) is 11.8. The Hall–Kier alpha value is -4.27. The summed E-state index contributed by atoms with van der Waals surface area (Å²) in [5, 5.41) is 12.8. The van der Waals surface area contributed by atoms with E-state index in [1.165, 1.54) is 4.90 Å². The summed E-state index contributed by atoms with van der Waals surface area (Å²) >= 11 is 0. The molecule has 3 aromatic rings. The Labute approximate surface area is 250 Å². The molecule has 3 amide bonds. The summed E-state index contributed by atoms with van der Waals surface area (Å²) in [5.74, 6) is -2.47. The quantitative estimate of drug-likeness (QED) is 0.450. The van der Waals surface area contributed by atoms with Crippen LogP contribution in [-0.2, 0) is 19.1 Å². The minimum atomic E-state index is -1.37. The highest BCUT2D eigenvalue weighted by atomic mass is 16.5. The fraction of sp³-hybridized carbons (Fsp3) is 0.343. The molecule has 8 nitrogen and oxygen atoms in total. The fourth-order valence-electron chi connectivity index (χ4n) is 7.54. The van der Waals surface area contributed by atoms with Gasteiger partial charge >= 0.3 is 0 Å². The first-order valence-electron chi connectivity index (χ1n) is 15.1. The predicted molar refractivity (Wildman–Crippen MR) is 163 cm³/mol. The van der Waals surface area contributed by atoms with E-state index in [0.717, 1.165) is 17.2 Å². The van der Waals surface area contributed by atoms with Gasteiger partial charge in [0.15, 0.2) is 0 Å². The van der Waals surface area contributed by atoms with Gasteiger partial charge in [-0.05, 0) is 34.9 Å². The third-order valence-corrected chi connectivity index (χ3v) is 9.41. The van der Waals surface area contributed by atoms with Crippen molar-refractivity contribution in [3.63, 3.8) is 0 Å². The topological polar surface area (TPSA) is 90.4 Å². The molecule has 1 N–H and O–H groups in total. The zero-order valence-electron chi connectivity index (χ0n) is 24.1. The Kier molecular flexibility index (Phi) is 6.91. The number of amides is 3. The molecule has 2 saturated heterocycles. The molecule has 3 aromatic carbocycles. The number of benzene rings is 3. The van der Waals surface area contributed by atoms with Crippen molar-refractivity contribution in [2.45, 2.75) is 37.1 Å². The molecule has 43 heavy (non-hydrogen) atoms. The zero-order chi connectivity index (χ0) is 29.7. The van der Waals surface area contributed by atoms with Gasteiger partial charge in [0.2, 0.25) is 11.8 Å². The van der Waals surface area contributed by atoms with Crippen molar-refractivity contribution >= 4 is 34.2 Å². The number of hydrogen-bond acceptors (Lipinski definition) is 5. The van der Waals surface area contributed by atoms with Crippen molar-refractivity contribution in [2.24, 2.45) is 11.8 Å². The number of carbonyl (C=O) groups excluding carboxylic acids is 3. The third-order valence-electron chi connectivity index (χ3n) is 9.41. The Morgan fingerprint density at radius 1 is 0.907 bits per heavy atom. The summed E-state index contributed by atoms with van der Waals surface area (Å²) < 4.78 is 6.78. The highest BCUT2D eigenvalue weighted by molar-refractivity contribution is 6.06. The van der Waals surface area contributed by atoms with Crippen LogP contribution in [0.1, 0.15) is 24.9 Å². The first-order chi connectivity index (χ1) is 21.0. The normalized spacial score (nSPS) is 29.0. The van der Waals surface area contributed by atoms with Gasteiger partial charge in [-0.1, -0.05) is 91.9 Å². The van der Waals surface area contributed by atoms with Crippen molar-refractivity contribution in [1.82, 2.24) is 9.80 Å². The summed E-state index contributed by atoms with van der Waals surface area (Å²) in [5.41, 5.74) is 0.0498. The number of ether oxygens (including phenoxy) is 1. The maximum absolute atomic E-state index is 14.8. The minimum Gasteiger partial charge on any atom is -0.394 e. The van der Waals surface area contributed by atoms with E-state index in [1.807, 2.05) is 104 Å². The largest absolute Gasteiger partial charge is 0.394 e. The lowest BCUT2D eigenvalue weighted by Gasteiger charge is -2.38. The molecule has 0 radical (unpaired) electrons. The lowest BCUT2D eigenvalue weighted by atomic mass is 9.77. The van der Waals surface area contributed by atoms with Crippen LogP contribution in [-0.4, -0.2) is 76.6 Å². The van der Waals surface area contributed by atoms with E-state index in [1.54, 1.807) is 9.80 Å². The minimum absolute atomic E-state index is 0.135. The van der Waals surface area contributed by atoms with Crippen molar-refractivity contribution in [3.05, 3.63) is 103 Å². The Morgan fingerprint density at radius 2 is 1.67 bits per heavy atom. The molecule has 0 aliphatic carbocycles. The average molecular weight is 578 g/mol. The van der Waals surface area contributed by atoms with E-state index in [-0.39, 0.29) is 30.9 Å². The van der Waals surface area contributed by atoms with Crippen LogP contribution in [0.25, 0.3) is 10.8 Å². The van der Waals surface area contributed by atoms with Gasteiger partial charge in [-0.15, -0.1) is 0 Å². The Morgan fingerprint density at radius 3 is 2.44 bits per heavy atom. The number of nitrogens with zero attached hydrogens (tertiary/aromatic N) is 3. The molecule has 6 atom stereocenters. The standard InChI is InChI=1S/C35H35N3O5/c1-2-18-36-19-8-14-28-29(32(36)40)30-33(41)38(27(22-39)24-11-4-3-5-12-24)31-34(42)37(20-9-17-35(30,31)43-28)26-16-15-23-10-6-7-13-25(23)21-26/h3-17,21,27-31,39H,2,18-20,22H2,1H3/t27-,28+,29-,30+,31?,35+/m1/s1. The van der Waals surface area contributed by atoms with Gasteiger partial charge in [-0.3, -0.25) is 14.4 Å². The molecule has 8 heteroatoms. The summed E-state index contributed by atoms with van der Waals surface area (Å²) in [4.78, 5) is 48.6. The lowest BCUT2D eigenvalue weighted by Crippen LogP contribution is -2.56. The molecule has 0 saturated carbocycles. The molecular weight excluding hydrogens is 542 g/mol. The SMILES string of the molecule is CCCN1CC=C[C@@H]2O[C@]34C=CCN(c5ccc6ccccc6c5)C(=O)C3N([C@H](CO)c3ccccc3)C(=O)[C@@H]4[C@@H]2C1=O. The number of likely N-dealkylation sites (tertiary alicyclic amines) is 1. The third kappa shape index (κ3) is 4.23. The molecule has 1 spiro atoms. The van der Waals surface area contributed by atoms with Crippen molar-refractivity contribution in [2.75, 3.05) is 31.1 Å². The van der Waals surface area contributed by atoms with Crippen molar-refractivity contribution in [1.29, 1.82) is 0 Å². The van der Waals surface area contributed by atoms with Crippen LogP contribution in [0.5, 0.6) is 0 Å². The highest BCUT2D eigenvalue weighted by Crippen LogP contribution is 2.55. The summed E-state index contributed by atoms with van der Waals surface area (Å²) in [7, 11) is 0. The monoisotopic (exact) mass is 577 g/mol. The van der Waals surface area contributed by atoms with E-state index in [4.69, 9.17) is 4.74 Å². The predicted octanol–water partition coefficient (Wildman–Crippen LogP) is 3.87.